The molecule has 1 atom stereocenters. The smallest absolute Gasteiger partial charge is 0.217 e. The van der Waals surface area contributed by atoms with Crippen LogP contribution in [-0.4, -0.2) is 37.5 Å². The van der Waals surface area contributed by atoms with Crippen molar-refractivity contribution >= 4 is 0 Å². The lowest BCUT2D eigenvalue weighted by Gasteiger charge is -2.22. The van der Waals surface area contributed by atoms with Crippen LogP contribution in [0.5, 0.6) is 11.6 Å². The number of hydrogen-bond acceptors (Lipinski definition) is 5. The Balaban J connectivity index is 1.34. The summed E-state index contributed by atoms with van der Waals surface area (Å²) < 4.78 is 22.9. The number of nitrogens with zero attached hydrogens (tertiary/aromatic N) is 1. The molecule has 1 aliphatic carbocycles. The van der Waals surface area contributed by atoms with E-state index in [2.05, 4.69) is 48.0 Å². The van der Waals surface area contributed by atoms with E-state index in [1.54, 1.807) is 0 Å². The van der Waals surface area contributed by atoms with E-state index in [0.717, 1.165) is 29.0 Å². The fraction of sp³-hybridized carbons (Fsp3) is 0.458. The first kappa shape index (κ1) is 19.8. The van der Waals surface area contributed by atoms with Crippen LogP contribution in [0.25, 0.3) is 0 Å². The van der Waals surface area contributed by atoms with Crippen LogP contribution >= 0.6 is 0 Å². The molecule has 5 heteroatoms. The van der Waals surface area contributed by atoms with Crippen molar-refractivity contribution in [1.82, 2.24) is 4.98 Å². The van der Waals surface area contributed by atoms with E-state index in [1.165, 1.54) is 12.8 Å². The molecule has 0 spiro atoms. The first-order valence-electron chi connectivity index (χ1n) is 10.3. The predicted molar refractivity (Wildman–Crippen MR) is 110 cm³/mol. The molecule has 1 saturated heterocycles. The second-order valence-electron chi connectivity index (χ2n) is 7.39. The molecule has 1 aromatic heterocycles. The molecule has 2 aromatic rings. The highest BCUT2D eigenvalue weighted by Gasteiger charge is 2.17. The van der Waals surface area contributed by atoms with E-state index in [9.17, 15) is 0 Å². The van der Waals surface area contributed by atoms with Crippen molar-refractivity contribution in [3.8, 4) is 23.5 Å². The Bertz CT molecular complexity index is 859. The van der Waals surface area contributed by atoms with Gasteiger partial charge in [0.05, 0.1) is 19.8 Å². The molecule has 2 heterocycles. The van der Waals surface area contributed by atoms with E-state index >= 15 is 0 Å². The molecule has 1 unspecified atom stereocenters. The number of benzene rings is 1. The molecule has 0 radical (unpaired) electrons. The Hall–Kier alpha value is -2.55. The third-order valence-corrected chi connectivity index (χ3v) is 4.85. The van der Waals surface area contributed by atoms with Gasteiger partial charge in [-0.1, -0.05) is 30.9 Å². The van der Waals surface area contributed by atoms with Crippen LogP contribution in [0.1, 0.15) is 36.6 Å². The molecule has 1 aromatic carbocycles. The van der Waals surface area contributed by atoms with E-state index in [0.29, 0.717) is 44.8 Å². The van der Waals surface area contributed by atoms with E-state index in [-0.39, 0.29) is 6.10 Å². The highest BCUT2D eigenvalue weighted by molar-refractivity contribution is 5.37. The summed E-state index contributed by atoms with van der Waals surface area (Å²) in [5.74, 6) is 8.45. The summed E-state index contributed by atoms with van der Waals surface area (Å²) in [5.41, 5.74) is 3.10. The predicted octanol–water partition coefficient (Wildman–Crippen LogP) is 3.78. The van der Waals surface area contributed by atoms with Gasteiger partial charge in [0.25, 0.3) is 0 Å². The summed E-state index contributed by atoms with van der Waals surface area (Å²) in [6, 6.07) is 12.0. The number of ether oxygens (including phenoxy) is 4. The first-order valence-corrected chi connectivity index (χ1v) is 10.3. The van der Waals surface area contributed by atoms with Crippen molar-refractivity contribution in [2.24, 2.45) is 5.92 Å². The van der Waals surface area contributed by atoms with E-state index in [4.69, 9.17) is 18.9 Å². The summed E-state index contributed by atoms with van der Waals surface area (Å²) in [6.07, 6.45) is 3.25. The summed E-state index contributed by atoms with van der Waals surface area (Å²) in [5, 5.41) is 0. The monoisotopic (exact) mass is 393 g/mol. The maximum absolute atomic E-state index is 6.00. The molecule has 152 valence electrons. The van der Waals surface area contributed by atoms with Crippen molar-refractivity contribution < 1.29 is 18.9 Å². The number of aryl methyl sites for hydroxylation is 1. The van der Waals surface area contributed by atoms with Gasteiger partial charge in [0.2, 0.25) is 5.88 Å². The molecule has 2 fully saturated rings. The third-order valence-electron chi connectivity index (χ3n) is 4.85. The number of pyridine rings is 1. The zero-order chi connectivity index (χ0) is 19.9. The maximum Gasteiger partial charge on any atom is 0.217 e. The van der Waals surface area contributed by atoms with Crippen LogP contribution in [0.2, 0.25) is 0 Å². The summed E-state index contributed by atoms with van der Waals surface area (Å²) in [7, 11) is 0. The Kier molecular flexibility index (Phi) is 6.66. The molecule has 0 amide bonds. The lowest BCUT2D eigenvalue weighted by atomic mass is 10.1. The van der Waals surface area contributed by atoms with Crippen LogP contribution in [0, 0.1) is 17.8 Å². The van der Waals surface area contributed by atoms with Crippen LogP contribution < -0.4 is 9.47 Å². The Labute approximate surface area is 172 Å². The molecule has 29 heavy (non-hydrogen) atoms. The number of rotatable bonds is 7. The fourth-order valence-corrected chi connectivity index (χ4v) is 2.95. The fourth-order valence-electron chi connectivity index (χ4n) is 2.95. The standard InChI is InChI=1S/C24H27NO4/c1-2-21-13-22(14-24(25-21)29-17-23-16-26-11-12-27-23)28-15-20-9-7-19(8-10-20)6-5-18-3-4-18/h7-10,13-14,18,23H,2-4,11-12,15-17H2,1H3. The zero-order valence-corrected chi connectivity index (χ0v) is 16.9. The largest absolute Gasteiger partial charge is 0.489 e. The van der Waals surface area contributed by atoms with E-state index in [1.807, 2.05) is 12.1 Å². The van der Waals surface area contributed by atoms with Gasteiger partial charge < -0.3 is 18.9 Å². The number of hydrogen-bond donors (Lipinski definition) is 0. The number of aromatic nitrogens is 1. The zero-order valence-electron chi connectivity index (χ0n) is 16.9. The van der Waals surface area contributed by atoms with Crippen LogP contribution in [0.3, 0.4) is 0 Å². The molecule has 5 nitrogen and oxygen atoms in total. The topological polar surface area (TPSA) is 49.8 Å². The first-order chi connectivity index (χ1) is 14.3. The molecule has 1 saturated carbocycles. The van der Waals surface area contributed by atoms with Gasteiger partial charge in [-0.25, -0.2) is 4.98 Å². The van der Waals surface area contributed by atoms with Gasteiger partial charge in [0, 0.05) is 29.3 Å². The van der Waals surface area contributed by atoms with Crippen molar-refractivity contribution in [1.29, 1.82) is 0 Å². The highest BCUT2D eigenvalue weighted by Crippen LogP contribution is 2.27. The second-order valence-corrected chi connectivity index (χ2v) is 7.39. The highest BCUT2D eigenvalue weighted by atomic mass is 16.6. The van der Waals surface area contributed by atoms with Gasteiger partial charge in [-0.2, -0.15) is 0 Å². The Morgan fingerprint density at radius 3 is 2.69 bits per heavy atom. The molecule has 2 aliphatic rings. The normalized spacial score (nSPS) is 18.6. The van der Waals surface area contributed by atoms with Gasteiger partial charge in [-0.05, 0) is 37.0 Å². The maximum atomic E-state index is 6.00. The van der Waals surface area contributed by atoms with Gasteiger partial charge in [0.1, 0.15) is 25.1 Å². The molecular weight excluding hydrogens is 366 g/mol. The van der Waals surface area contributed by atoms with Crippen molar-refractivity contribution in [3.63, 3.8) is 0 Å². The lowest BCUT2D eigenvalue weighted by molar-refractivity contribution is -0.102. The van der Waals surface area contributed by atoms with E-state index < -0.39 is 0 Å². The van der Waals surface area contributed by atoms with Gasteiger partial charge in [-0.3, -0.25) is 0 Å². The average Bonchev–Trinajstić information content (AvgIpc) is 3.61. The molecular formula is C24H27NO4. The molecule has 0 bridgehead atoms. The third kappa shape index (κ3) is 6.22. The lowest BCUT2D eigenvalue weighted by Crippen LogP contribution is -2.33. The SMILES string of the molecule is CCc1cc(OCc2ccc(C#CC3CC3)cc2)cc(OCC2COCCO2)n1. The summed E-state index contributed by atoms with van der Waals surface area (Å²) in [4.78, 5) is 4.53. The minimum Gasteiger partial charge on any atom is -0.489 e. The van der Waals surface area contributed by atoms with Gasteiger partial charge >= 0.3 is 0 Å². The average molecular weight is 393 g/mol. The van der Waals surface area contributed by atoms with Gasteiger partial charge in [0.15, 0.2) is 0 Å². The van der Waals surface area contributed by atoms with Crippen molar-refractivity contribution in [3.05, 3.63) is 53.2 Å². The van der Waals surface area contributed by atoms with Crippen LogP contribution in [0.15, 0.2) is 36.4 Å². The summed E-state index contributed by atoms with van der Waals surface area (Å²) >= 11 is 0. The molecule has 4 rings (SSSR count). The van der Waals surface area contributed by atoms with Crippen LogP contribution in [0.4, 0.5) is 0 Å². The van der Waals surface area contributed by atoms with Crippen molar-refractivity contribution in [2.75, 3.05) is 26.4 Å². The minimum absolute atomic E-state index is 0.0540. The quantitative estimate of drug-likeness (QED) is 0.670. The Morgan fingerprint density at radius 1 is 1.10 bits per heavy atom. The summed E-state index contributed by atoms with van der Waals surface area (Å²) in [6.45, 7) is 4.78. The van der Waals surface area contributed by atoms with Gasteiger partial charge in [-0.15, -0.1) is 0 Å². The molecule has 1 aliphatic heterocycles. The second kappa shape index (κ2) is 9.78. The van der Waals surface area contributed by atoms with Crippen LogP contribution in [-0.2, 0) is 22.5 Å². The van der Waals surface area contributed by atoms with Crippen molar-refractivity contribution in [2.45, 2.75) is 38.9 Å². The minimum atomic E-state index is -0.0540. The Morgan fingerprint density at radius 2 is 1.97 bits per heavy atom. The molecule has 0 N–H and O–H groups in total.